The highest BCUT2D eigenvalue weighted by Gasteiger charge is 2.39. The molecule has 0 aromatic heterocycles. The van der Waals surface area contributed by atoms with E-state index in [-0.39, 0.29) is 46.2 Å². The van der Waals surface area contributed by atoms with Gasteiger partial charge in [-0.05, 0) is 45.9 Å². The molecule has 0 amide bonds. The van der Waals surface area contributed by atoms with Crippen LogP contribution in [0.2, 0.25) is 0 Å². The molecule has 1 aliphatic rings. The molecule has 0 unspecified atom stereocenters. The molecular weight excluding hydrogens is 554 g/mol. The van der Waals surface area contributed by atoms with Gasteiger partial charge in [-0.1, -0.05) is 116 Å². The van der Waals surface area contributed by atoms with Gasteiger partial charge < -0.3 is 10.6 Å². The molecule has 4 nitrogen and oxygen atoms in total. The Morgan fingerprint density at radius 2 is 0.750 bits per heavy atom. The first-order valence-corrected chi connectivity index (χ1v) is 15.4. The van der Waals surface area contributed by atoms with E-state index in [1.54, 1.807) is 12.1 Å². The topological polar surface area (TPSA) is 58.2 Å². The smallest absolute Gasteiger partial charge is 0.197 e. The number of carbonyl (C=O) groups is 2. The van der Waals surface area contributed by atoms with Crippen molar-refractivity contribution in [3.63, 3.8) is 0 Å². The maximum atomic E-state index is 17.0. The van der Waals surface area contributed by atoms with Crippen LogP contribution in [0.25, 0.3) is 0 Å². The van der Waals surface area contributed by atoms with Gasteiger partial charge >= 0.3 is 0 Å². The van der Waals surface area contributed by atoms with Crippen LogP contribution in [0.5, 0.6) is 0 Å². The summed E-state index contributed by atoms with van der Waals surface area (Å²) in [6.07, 6.45) is 0. The quantitative estimate of drug-likeness (QED) is 0.188. The Morgan fingerprint density at radius 1 is 0.455 bits per heavy atom. The highest BCUT2D eigenvalue weighted by Crippen LogP contribution is 2.46. The molecule has 0 spiro atoms. The van der Waals surface area contributed by atoms with Gasteiger partial charge in [0.25, 0.3) is 0 Å². The number of ketones is 2. The SMILES string of the molecule is CC(C)c1cccc(C(C)C)c1Nc1c(F)c2c(c(F)c1Nc1c(C(C)C)cccc1C(C)C)C(=O)c1ccccc1C2=O. The lowest BCUT2D eigenvalue weighted by atomic mass is 9.82. The molecule has 0 radical (unpaired) electrons. The van der Waals surface area contributed by atoms with E-state index < -0.39 is 34.3 Å². The molecule has 44 heavy (non-hydrogen) atoms. The van der Waals surface area contributed by atoms with Crippen LogP contribution in [0, 0.1) is 11.6 Å². The summed E-state index contributed by atoms with van der Waals surface area (Å²) in [7, 11) is 0. The van der Waals surface area contributed by atoms with Gasteiger partial charge in [0.05, 0.1) is 11.1 Å². The Hall–Kier alpha value is -4.32. The summed E-state index contributed by atoms with van der Waals surface area (Å²) in [5.74, 6) is -3.06. The molecule has 0 atom stereocenters. The molecule has 0 bridgehead atoms. The number of hydrogen-bond acceptors (Lipinski definition) is 4. The van der Waals surface area contributed by atoms with Crippen LogP contribution in [0.3, 0.4) is 0 Å². The van der Waals surface area contributed by atoms with Crippen molar-refractivity contribution in [1.82, 2.24) is 0 Å². The maximum absolute atomic E-state index is 17.0. The van der Waals surface area contributed by atoms with Crippen molar-refractivity contribution >= 4 is 34.3 Å². The number of nitrogens with one attached hydrogen (secondary N) is 2. The van der Waals surface area contributed by atoms with Gasteiger partial charge in [-0.2, -0.15) is 0 Å². The number of para-hydroxylation sites is 2. The summed E-state index contributed by atoms with van der Waals surface area (Å²) in [5, 5.41) is 6.54. The number of fused-ring (bicyclic) bond motifs is 2. The first-order valence-electron chi connectivity index (χ1n) is 15.4. The molecule has 0 aliphatic heterocycles. The molecule has 6 heteroatoms. The van der Waals surface area contributed by atoms with E-state index in [4.69, 9.17) is 0 Å². The van der Waals surface area contributed by atoms with Crippen LogP contribution in [-0.2, 0) is 0 Å². The first kappa shape index (κ1) is 31.1. The highest BCUT2D eigenvalue weighted by molar-refractivity contribution is 6.29. The summed E-state index contributed by atoms with van der Waals surface area (Å²) in [6.45, 7) is 16.3. The van der Waals surface area contributed by atoms with E-state index in [2.05, 4.69) is 10.6 Å². The fourth-order valence-corrected chi connectivity index (χ4v) is 6.14. The third-order valence-electron chi connectivity index (χ3n) is 8.49. The number of halogens is 2. The summed E-state index contributed by atoms with van der Waals surface area (Å²) >= 11 is 0. The Kier molecular flexibility index (Phi) is 8.48. The molecule has 0 heterocycles. The Morgan fingerprint density at radius 3 is 1.02 bits per heavy atom. The van der Waals surface area contributed by atoms with Gasteiger partial charge in [-0.15, -0.1) is 0 Å². The van der Waals surface area contributed by atoms with Crippen molar-refractivity contribution in [2.24, 2.45) is 0 Å². The van der Waals surface area contributed by atoms with E-state index in [1.807, 2.05) is 91.8 Å². The molecule has 0 saturated carbocycles. The monoisotopic (exact) mass is 594 g/mol. The minimum atomic E-state index is -0.960. The second-order valence-corrected chi connectivity index (χ2v) is 12.8. The average molecular weight is 595 g/mol. The van der Waals surface area contributed by atoms with Crippen LogP contribution in [-0.4, -0.2) is 11.6 Å². The fourth-order valence-electron chi connectivity index (χ4n) is 6.14. The lowest BCUT2D eigenvalue weighted by molar-refractivity contribution is 0.0972. The van der Waals surface area contributed by atoms with Gasteiger partial charge in [0.15, 0.2) is 23.2 Å². The van der Waals surface area contributed by atoms with Gasteiger partial charge in [-0.3, -0.25) is 9.59 Å². The fraction of sp³-hybridized carbons (Fsp3) is 0.316. The molecule has 4 aromatic carbocycles. The Bertz CT molecular complexity index is 1600. The zero-order valence-corrected chi connectivity index (χ0v) is 26.7. The number of carbonyl (C=O) groups excluding carboxylic acids is 2. The van der Waals surface area contributed by atoms with Crippen molar-refractivity contribution in [1.29, 1.82) is 0 Å². The molecular formula is C38H40F2N2O2. The molecule has 4 aromatic rings. The largest absolute Gasteiger partial charge is 0.351 e. The number of anilines is 4. The molecule has 5 rings (SSSR count). The van der Waals surface area contributed by atoms with Crippen LogP contribution in [0.4, 0.5) is 31.5 Å². The lowest BCUT2D eigenvalue weighted by Crippen LogP contribution is -2.25. The lowest BCUT2D eigenvalue weighted by Gasteiger charge is -2.28. The molecule has 0 saturated heterocycles. The Labute approximate surface area is 258 Å². The van der Waals surface area contributed by atoms with Gasteiger partial charge in [0.2, 0.25) is 0 Å². The number of hydrogen-bond donors (Lipinski definition) is 2. The van der Waals surface area contributed by atoms with Crippen LogP contribution in [0.1, 0.15) is 133 Å². The predicted molar refractivity (Wildman–Crippen MR) is 175 cm³/mol. The van der Waals surface area contributed by atoms with Crippen LogP contribution < -0.4 is 10.6 Å². The standard InChI is InChI=1S/C38H40F2N2O2/c1-19(2)23-15-11-16-24(20(3)4)33(23)41-35-31(39)29-30(38(44)28-14-10-9-13-27(28)37(29)43)32(40)36(35)42-34-25(21(5)6)17-12-18-26(34)22(7)8/h9-22,41-42H,1-8H3. The van der Waals surface area contributed by atoms with E-state index >= 15 is 8.78 Å². The maximum Gasteiger partial charge on any atom is 0.197 e. The zero-order chi connectivity index (χ0) is 32.0. The predicted octanol–water partition coefficient (Wildman–Crippen LogP) is 10.7. The van der Waals surface area contributed by atoms with E-state index in [1.165, 1.54) is 12.1 Å². The second kappa shape index (κ2) is 12.0. The minimum absolute atomic E-state index is 0.0626. The summed E-state index contributed by atoms with van der Waals surface area (Å²) in [6, 6.07) is 18.0. The zero-order valence-electron chi connectivity index (χ0n) is 26.7. The first-order chi connectivity index (χ1) is 20.8. The molecule has 1 aliphatic carbocycles. The minimum Gasteiger partial charge on any atom is -0.351 e. The molecule has 228 valence electrons. The second-order valence-electron chi connectivity index (χ2n) is 12.8. The summed E-state index contributed by atoms with van der Waals surface area (Å²) < 4.78 is 34.1. The van der Waals surface area contributed by atoms with E-state index in [0.717, 1.165) is 22.3 Å². The molecule has 2 N–H and O–H groups in total. The van der Waals surface area contributed by atoms with Crippen LogP contribution >= 0.6 is 0 Å². The third-order valence-corrected chi connectivity index (χ3v) is 8.49. The van der Waals surface area contributed by atoms with Crippen LogP contribution in [0.15, 0.2) is 60.7 Å². The van der Waals surface area contributed by atoms with Gasteiger partial charge in [0, 0.05) is 22.5 Å². The third kappa shape index (κ3) is 5.21. The van der Waals surface area contributed by atoms with E-state index in [9.17, 15) is 9.59 Å². The van der Waals surface area contributed by atoms with Gasteiger partial charge in [-0.25, -0.2) is 8.78 Å². The summed E-state index contributed by atoms with van der Waals surface area (Å²) in [5.41, 5.74) is 3.66. The van der Waals surface area contributed by atoms with E-state index in [0.29, 0.717) is 11.4 Å². The van der Waals surface area contributed by atoms with Crippen molar-refractivity contribution in [3.8, 4) is 0 Å². The summed E-state index contributed by atoms with van der Waals surface area (Å²) in [4.78, 5) is 27.5. The van der Waals surface area contributed by atoms with Gasteiger partial charge in [0.1, 0.15) is 11.4 Å². The number of rotatable bonds is 8. The highest BCUT2D eigenvalue weighted by atomic mass is 19.1. The van der Waals surface area contributed by atoms with Crippen molar-refractivity contribution in [3.05, 3.63) is 117 Å². The Balaban J connectivity index is 1.86. The average Bonchev–Trinajstić information content (AvgIpc) is 2.98. The van der Waals surface area contributed by atoms with Crippen molar-refractivity contribution < 1.29 is 18.4 Å². The number of benzene rings is 4. The van der Waals surface area contributed by atoms with Crippen molar-refractivity contribution in [2.45, 2.75) is 79.1 Å². The molecule has 0 fully saturated rings. The normalized spacial score (nSPS) is 12.8. The van der Waals surface area contributed by atoms with Crippen molar-refractivity contribution in [2.75, 3.05) is 10.6 Å².